The van der Waals surface area contributed by atoms with Crippen molar-refractivity contribution in [3.05, 3.63) is 23.8 Å². The zero-order chi connectivity index (χ0) is 9.84. The third kappa shape index (κ3) is 2.79. The highest BCUT2D eigenvalue weighted by Crippen LogP contribution is 2.27. The van der Waals surface area contributed by atoms with Crippen LogP contribution in [0.1, 0.15) is 18.5 Å². The lowest BCUT2D eigenvalue weighted by Gasteiger charge is -2.12. The van der Waals surface area contributed by atoms with E-state index in [0.29, 0.717) is 0 Å². The second-order valence-corrected chi connectivity index (χ2v) is 2.90. The average Bonchev–Trinajstić information content (AvgIpc) is 2.16. The first-order chi connectivity index (χ1) is 6.19. The van der Waals surface area contributed by atoms with Gasteiger partial charge in [-0.3, -0.25) is 0 Å². The van der Waals surface area contributed by atoms with Gasteiger partial charge in [-0.15, -0.1) is 12.4 Å². The van der Waals surface area contributed by atoms with Crippen LogP contribution in [0.4, 0.5) is 0 Å². The summed E-state index contributed by atoms with van der Waals surface area (Å²) in [4.78, 5) is 0. The molecule has 0 radical (unpaired) electrons. The lowest BCUT2D eigenvalue weighted by Crippen LogP contribution is -2.07. The van der Waals surface area contributed by atoms with Crippen molar-refractivity contribution in [3.63, 3.8) is 0 Å². The van der Waals surface area contributed by atoms with Crippen LogP contribution in [0.3, 0.4) is 0 Å². The minimum Gasteiger partial charge on any atom is -0.497 e. The number of hydrogen-bond donors (Lipinski definition) is 1. The fraction of sp³-hybridized carbons (Fsp3) is 0.400. The molecule has 0 aromatic heterocycles. The van der Waals surface area contributed by atoms with E-state index in [9.17, 15) is 0 Å². The van der Waals surface area contributed by atoms with Crippen molar-refractivity contribution in [3.8, 4) is 11.5 Å². The molecule has 1 rings (SSSR count). The summed E-state index contributed by atoms with van der Waals surface area (Å²) in [6, 6.07) is 5.55. The molecule has 0 saturated heterocycles. The van der Waals surface area contributed by atoms with Crippen LogP contribution in [0.25, 0.3) is 0 Å². The molecule has 0 saturated carbocycles. The van der Waals surface area contributed by atoms with Crippen molar-refractivity contribution in [1.82, 2.24) is 0 Å². The van der Waals surface area contributed by atoms with E-state index in [-0.39, 0.29) is 18.4 Å². The Labute approximate surface area is 90.6 Å². The maximum atomic E-state index is 5.78. The van der Waals surface area contributed by atoms with Crippen LogP contribution in [-0.4, -0.2) is 14.2 Å². The molecule has 0 heterocycles. The first kappa shape index (κ1) is 13.1. The molecular formula is C10H16ClNO2. The van der Waals surface area contributed by atoms with E-state index in [4.69, 9.17) is 15.2 Å². The van der Waals surface area contributed by atoms with Crippen molar-refractivity contribution in [2.75, 3.05) is 14.2 Å². The number of benzene rings is 1. The molecule has 2 N–H and O–H groups in total. The second-order valence-electron chi connectivity index (χ2n) is 2.90. The van der Waals surface area contributed by atoms with Crippen LogP contribution in [0.2, 0.25) is 0 Å². The van der Waals surface area contributed by atoms with E-state index < -0.39 is 0 Å². The van der Waals surface area contributed by atoms with E-state index in [1.807, 2.05) is 25.1 Å². The van der Waals surface area contributed by atoms with Gasteiger partial charge in [0.15, 0.2) is 0 Å². The van der Waals surface area contributed by atoms with Crippen LogP contribution in [0, 0.1) is 0 Å². The van der Waals surface area contributed by atoms with Crippen LogP contribution >= 0.6 is 12.4 Å². The van der Waals surface area contributed by atoms with Gasteiger partial charge in [0.1, 0.15) is 11.5 Å². The average molecular weight is 218 g/mol. The fourth-order valence-corrected chi connectivity index (χ4v) is 1.20. The number of nitrogens with two attached hydrogens (primary N) is 1. The van der Waals surface area contributed by atoms with Crippen molar-refractivity contribution < 1.29 is 9.47 Å². The third-order valence-electron chi connectivity index (χ3n) is 1.93. The quantitative estimate of drug-likeness (QED) is 0.844. The summed E-state index contributed by atoms with van der Waals surface area (Å²) in [6.45, 7) is 1.91. The molecule has 1 aromatic rings. The van der Waals surface area contributed by atoms with Gasteiger partial charge in [-0.1, -0.05) is 0 Å². The summed E-state index contributed by atoms with van der Waals surface area (Å²) in [6.07, 6.45) is 0. The van der Waals surface area contributed by atoms with Crippen LogP contribution < -0.4 is 15.2 Å². The van der Waals surface area contributed by atoms with Crippen LogP contribution in [0.15, 0.2) is 18.2 Å². The molecule has 1 aromatic carbocycles. The Bertz CT molecular complexity index is 289. The highest BCUT2D eigenvalue weighted by atomic mass is 35.5. The number of methoxy groups -OCH3 is 2. The minimum absolute atomic E-state index is 0. The lowest BCUT2D eigenvalue weighted by molar-refractivity contribution is 0.396. The molecule has 1 atom stereocenters. The summed E-state index contributed by atoms with van der Waals surface area (Å²) >= 11 is 0. The fourth-order valence-electron chi connectivity index (χ4n) is 1.20. The van der Waals surface area contributed by atoms with Crippen molar-refractivity contribution in [1.29, 1.82) is 0 Å². The smallest absolute Gasteiger partial charge is 0.123 e. The number of hydrogen-bond acceptors (Lipinski definition) is 3. The monoisotopic (exact) mass is 217 g/mol. The predicted octanol–water partition coefficient (Wildman–Crippen LogP) is 2.15. The Balaban J connectivity index is 0.00000169. The molecule has 3 nitrogen and oxygen atoms in total. The summed E-state index contributed by atoms with van der Waals surface area (Å²) in [5, 5.41) is 0. The molecule has 0 spiro atoms. The molecule has 4 heteroatoms. The normalized spacial score (nSPS) is 11.4. The van der Waals surface area contributed by atoms with Gasteiger partial charge in [0.2, 0.25) is 0 Å². The number of halogens is 1. The molecule has 80 valence electrons. The van der Waals surface area contributed by atoms with Gasteiger partial charge in [0, 0.05) is 11.6 Å². The predicted molar refractivity (Wildman–Crippen MR) is 59.4 cm³/mol. The molecule has 0 unspecified atom stereocenters. The van der Waals surface area contributed by atoms with Gasteiger partial charge in [-0.25, -0.2) is 0 Å². The van der Waals surface area contributed by atoms with Crippen LogP contribution in [0.5, 0.6) is 11.5 Å². The molecule has 0 aliphatic heterocycles. The van der Waals surface area contributed by atoms with Gasteiger partial charge < -0.3 is 15.2 Å². The zero-order valence-electron chi connectivity index (χ0n) is 8.61. The standard InChI is InChI=1S/C10H15NO2.ClH/c1-7(11)9-6-8(12-2)4-5-10(9)13-3;/h4-7H,11H2,1-3H3;1H/t7-;/m1./s1. The van der Waals surface area contributed by atoms with E-state index in [2.05, 4.69) is 0 Å². The highest BCUT2D eigenvalue weighted by Gasteiger charge is 2.08. The van der Waals surface area contributed by atoms with Crippen molar-refractivity contribution >= 4 is 12.4 Å². The molecular weight excluding hydrogens is 202 g/mol. The zero-order valence-corrected chi connectivity index (χ0v) is 9.43. The van der Waals surface area contributed by atoms with Gasteiger partial charge in [-0.05, 0) is 25.1 Å². The summed E-state index contributed by atoms with van der Waals surface area (Å²) < 4.78 is 10.3. The Morgan fingerprint density at radius 1 is 1.21 bits per heavy atom. The lowest BCUT2D eigenvalue weighted by atomic mass is 10.1. The molecule has 0 aliphatic carbocycles. The van der Waals surface area contributed by atoms with E-state index in [0.717, 1.165) is 17.1 Å². The molecule has 14 heavy (non-hydrogen) atoms. The van der Waals surface area contributed by atoms with Crippen molar-refractivity contribution in [2.45, 2.75) is 13.0 Å². The minimum atomic E-state index is -0.0509. The Morgan fingerprint density at radius 2 is 1.86 bits per heavy atom. The molecule has 0 bridgehead atoms. The maximum absolute atomic E-state index is 5.78. The topological polar surface area (TPSA) is 44.5 Å². The van der Waals surface area contributed by atoms with E-state index >= 15 is 0 Å². The summed E-state index contributed by atoms with van der Waals surface area (Å²) in [5.74, 6) is 1.60. The Morgan fingerprint density at radius 3 is 2.29 bits per heavy atom. The largest absolute Gasteiger partial charge is 0.497 e. The van der Waals surface area contributed by atoms with Gasteiger partial charge in [-0.2, -0.15) is 0 Å². The second kappa shape index (κ2) is 5.73. The van der Waals surface area contributed by atoms with Gasteiger partial charge in [0.25, 0.3) is 0 Å². The summed E-state index contributed by atoms with van der Waals surface area (Å²) in [5.41, 5.74) is 6.74. The Kier molecular flexibility index (Phi) is 5.35. The SMILES string of the molecule is COc1ccc(OC)c([C@@H](C)N)c1.Cl. The van der Waals surface area contributed by atoms with Gasteiger partial charge >= 0.3 is 0 Å². The number of rotatable bonds is 3. The molecule has 0 fully saturated rings. The number of ether oxygens (including phenoxy) is 2. The van der Waals surface area contributed by atoms with E-state index in [1.54, 1.807) is 14.2 Å². The van der Waals surface area contributed by atoms with Crippen molar-refractivity contribution in [2.24, 2.45) is 5.73 Å². The Hall–Kier alpha value is -0.930. The first-order valence-corrected chi connectivity index (χ1v) is 4.16. The van der Waals surface area contributed by atoms with Crippen LogP contribution in [-0.2, 0) is 0 Å². The third-order valence-corrected chi connectivity index (χ3v) is 1.93. The molecule has 0 amide bonds. The van der Waals surface area contributed by atoms with E-state index in [1.165, 1.54) is 0 Å². The first-order valence-electron chi connectivity index (χ1n) is 4.16. The highest BCUT2D eigenvalue weighted by molar-refractivity contribution is 5.85. The molecule has 0 aliphatic rings. The van der Waals surface area contributed by atoms with Gasteiger partial charge in [0.05, 0.1) is 14.2 Å². The summed E-state index contributed by atoms with van der Waals surface area (Å²) in [7, 11) is 3.26. The maximum Gasteiger partial charge on any atom is 0.123 e.